The van der Waals surface area contributed by atoms with Crippen molar-refractivity contribution in [2.45, 2.75) is 30.8 Å². The monoisotopic (exact) mass is 491 g/mol. The van der Waals surface area contributed by atoms with E-state index in [9.17, 15) is 20.1 Å². The highest BCUT2D eigenvalue weighted by molar-refractivity contribution is 5.84. The van der Waals surface area contributed by atoms with Gasteiger partial charge in [0.25, 0.3) is 11.8 Å². The Morgan fingerprint density at radius 2 is 1.94 bits per heavy atom. The maximum absolute atomic E-state index is 12.0. The van der Waals surface area contributed by atoms with Crippen LogP contribution in [0.5, 0.6) is 0 Å². The summed E-state index contributed by atoms with van der Waals surface area (Å²) in [5.74, 6) is -2.80. The number of anilines is 2. The first-order chi connectivity index (χ1) is 17.3. The highest BCUT2D eigenvalue weighted by Gasteiger charge is 2.57. The van der Waals surface area contributed by atoms with Crippen LogP contribution in [0.3, 0.4) is 0 Å². The second-order valence-corrected chi connectivity index (χ2v) is 8.40. The second kappa shape index (κ2) is 9.17. The van der Waals surface area contributed by atoms with Crippen LogP contribution >= 0.6 is 0 Å². The molecular weight excluding hydrogens is 466 g/mol. The first kappa shape index (κ1) is 23.6. The van der Waals surface area contributed by atoms with E-state index in [1.165, 1.54) is 19.7 Å². The number of rotatable bonds is 6. The number of aromatic nitrogens is 4. The molecule has 7 N–H and O–H groups in total. The summed E-state index contributed by atoms with van der Waals surface area (Å²) >= 11 is 0. The van der Waals surface area contributed by atoms with Crippen molar-refractivity contribution in [3.05, 3.63) is 66.7 Å². The number of amides is 1. The maximum Gasteiger partial charge on any atom is 0.286 e. The lowest BCUT2D eigenvalue weighted by atomic mass is 10.0. The van der Waals surface area contributed by atoms with Crippen LogP contribution in [-0.2, 0) is 22.0 Å². The Hall–Kier alpha value is -4.10. The molecule has 1 fully saturated rings. The van der Waals surface area contributed by atoms with Crippen LogP contribution in [0.15, 0.2) is 61.2 Å². The first-order valence-corrected chi connectivity index (χ1v) is 11.2. The molecule has 4 aromatic rings. The van der Waals surface area contributed by atoms with Crippen LogP contribution in [0, 0.1) is 0 Å². The molecule has 0 radical (unpaired) electrons. The van der Waals surface area contributed by atoms with Gasteiger partial charge in [-0.25, -0.2) is 15.0 Å². The van der Waals surface area contributed by atoms with Crippen molar-refractivity contribution in [2.75, 3.05) is 18.1 Å². The van der Waals surface area contributed by atoms with Crippen LogP contribution in [0.2, 0.25) is 0 Å². The zero-order chi connectivity index (χ0) is 25.4. The summed E-state index contributed by atoms with van der Waals surface area (Å²) in [6.45, 7) is 0.389. The number of aliphatic hydroxyl groups excluding tert-OH is 2. The Labute approximate surface area is 205 Å². The molecular formula is C24H25N7O5. The van der Waals surface area contributed by atoms with E-state index in [1.807, 2.05) is 48.5 Å². The zero-order valence-electron chi connectivity index (χ0n) is 19.2. The summed E-state index contributed by atoms with van der Waals surface area (Å²) in [6, 6.07) is 15.5. The molecule has 1 aliphatic heterocycles. The predicted octanol–water partition coefficient (Wildman–Crippen LogP) is 0.157. The maximum atomic E-state index is 12.0. The predicted molar refractivity (Wildman–Crippen MR) is 130 cm³/mol. The van der Waals surface area contributed by atoms with Crippen molar-refractivity contribution in [2.24, 2.45) is 0 Å². The molecule has 12 heteroatoms. The SMILES string of the molecule is CNC(=O)[C@H]1O[C@](O)(n2cnc3c(NCc4ccc(N)c(-c5ccccc5)c4)ncnc32)[C@H](O)[C@@H]1O. The summed E-state index contributed by atoms with van der Waals surface area (Å²) < 4.78 is 6.45. The molecule has 0 aliphatic carbocycles. The van der Waals surface area contributed by atoms with E-state index < -0.39 is 30.1 Å². The molecule has 5 rings (SSSR count). The van der Waals surface area contributed by atoms with E-state index in [2.05, 4.69) is 25.6 Å². The fourth-order valence-corrected chi connectivity index (χ4v) is 4.23. The number of nitrogens with two attached hydrogens (primary N) is 1. The van der Waals surface area contributed by atoms with Crippen molar-refractivity contribution in [3.63, 3.8) is 0 Å². The number of benzene rings is 2. The summed E-state index contributed by atoms with van der Waals surface area (Å²) in [6.07, 6.45) is -2.54. The van der Waals surface area contributed by atoms with Crippen molar-refractivity contribution in [1.29, 1.82) is 0 Å². The standard InChI is InChI=1S/C24H25N7O5/c1-26-23(34)19-18(32)20(33)24(35,36-19)31-12-30-17-21(28-11-29-22(17)31)27-10-13-7-8-16(25)15(9-13)14-5-3-2-4-6-14/h2-9,11-12,18-20,32-33,35H,10,25H2,1H3,(H,26,34)(H,27,28,29)/t18-,19+,20-,24+/m1/s1. The number of nitrogens with zero attached hydrogens (tertiary/aromatic N) is 4. The smallest absolute Gasteiger partial charge is 0.286 e. The van der Waals surface area contributed by atoms with Crippen LogP contribution in [0.4, 0.5) is 11.5 Å². The molecule has 0 spiro atoms. The summed E-state index contributed by atoms with van der Waals surface area (Å²) in [5.41, 5.74) is 10.1. The summed E-state index contributed by atoms with van der Waals surface area (Å²) in [5, 5.41) is 37.4. The van der Waals surface area contributed by atoms with Gasteiger partial charge in [-0.15, -0.1) is 0 Å². The Morgan fingerprint density at radius 1 is 1.17 bits per heavy atom. The number of aliphatic hydroxyl groups is 3. The van der Waals surface area contributed by atoms with E-state index >= 15 is 0 Å². The van der Waals surface area contributed by atoms with E-state index in [0.717, 1.165) is 21.3 Å². The molecule has 2 aromatic heterocycles. The number of nitrogen functional groups attached to an aromatic ring is 1. The Balaban J connectivity index is 1.42. The van der Waals surface area contributed by atoms with Gasteiger partial charge in [0, 0.05) is 24.8 Å². The largest absolute Gasteiger partial charge is 0.398 e. The lowest BCUT2D eigenvalue weighted by Crippen LogP contribution is -2.45. The highest BCUT2D eigenvalue weighted by Crippen LogP contribution is 2.36. The average Bonchev–Trinajstić information content (AvgIpc) is 3.44. The number of imidazole rings is 1. The van der Waals surface area contributed by atoms with E-state index in [1.54, 1.807) is 0 Å². The highest BCUT2D eigenvalue weighted by atomic mass is 16.7. The molecule has 0 saturated carbocycles. The zero-order valence-corrected chi connectivity index (χ0v) is 19.2. The minimum absolute atomic E-state index is 0.126. The molecule has 3 heterocycles. The van der Waals surface area contributed by atoms with Crippen LogP contribution in [0.1, 0.15) is 5.56 Å². The average molecular weight is 492 g/mol. The number of hydrogen-bond acceptors (Lipinski definition) is 10. The molecule has 12 nitrogen and oxygen atoms in total. The number of likely N-dealkylation sites (N-methyl/N-ethyl adjacent to an activating group) is 1. The fraction of sp³-hybridized carbons (Fsp3) is 0.250. The van der Waals surface area contributed by atoms with Crippen molar-refractivity contribution < 1.29 is 24.9 Å². The number of ether oxygens (including phenoxy) is 1. The normalized spacial score (nSPS) is 23.6. The number of hydrogen-bond donors (Lipinski definition) is 6. The third kappa shape index (κ3) is 3.91. The third-order valence-corrected chi connectivity index (χ3v) is 6.17. The van der Waals surface area contributed by atoms with Gasteiger partial charge in [0.15, 0.2) is 29.2 Å². The van der Waals surface area contributed by atoms with Gasteiger partial charge < -0.3 is 36.4 Å². The number of nitrogens with one attached hydrogen (secondary N) is 2. The molecule has 0 bridgehead atoms. The quantitative estimate of drug-likeness (QED) is 0.203. The molecule has 4 atom stereocenters. The second-order valence-electron chi connectivity index (χ2n) is 8.40. The summed E-state index contributed by atoms with van der Waals surface area (Å²) in [4.78, 5) is 24.7. The van der Waals surface area contributed by atoms with Crippen molar-refractivity contribution in [1.82, 2.24) is 24.8 Å². The van der Waals surface area contributed by atoms with Gasteiger partial charge >= 0.3 is 0 Å². The number of fused-ring (bicyclic) bond motifs is 1. The van der Waals surface area contributed by atoms with Gasteiger partial charge in [-0.1, -0.05) is 36.4 Å². The molecule has 1 saturated heterocycles. The van der Waals surface area contributed by atoms with Gasteiger partial charge in [0.1, 0.15) is 18.8 Å². The van der Waals surface area contributed by atoms with Gasteiger partial charge in [-0.05, 0) is 23.3 Å². The van der Waals surface area contributed by atoms with Gasteiger partial charge in [0.2, 0.25) is 0 Å². The molecule has 2 aromatic carbocycles. The first-order valence-electron chi connectivity index (χ1n) is 11.2. The van der Waals surface area contributed by atoms with Crippen molar-refractivity contribution in [3.8, 4) is 11.1 Å². The van der Waals surface area contributed by atoms with E-state index in [-0.39, 0.29) is 5.65 Å². The molecule has 1 aliphatic rings. The van der Waals surface area contributed by atoms with Crippen LogP contribution in [-0.4, -0.2) is 66.1 Å². The molecule has 1 amide bonds. The van der Waals surface area contributed by atoms with Gasteiger partial charge in [-0.3, -0.25) is 9.36 Å². The van der Waals surface area contributed by atoms with Gasteiger partial charge in [-0.2, -0.15) is 0 Å². The third-order valence-electron chi connectivity index (χ3n) is 6.17. The minimum Gasteiger partial charge on any atom is -0.398 e. The van der Waals surface area contributed by atoms with Crippen LogP contribution in [0.25, 0.3) is 22.3 Å². The molecule has 186 valence electrons. The van der Waals surface area contributed by atoms with Gasteiger partial charge in [0.05, 0.1) is 0 Å². The lowest BCUT2D eigenvalue weighted by Gasteiger charge is -2.27. The minimum atomic E-state index is -2.47. The topological polar surface area (TPSA) is 181 Å². The number of carbonyl (C=O) groups is 1. The van der Waals surface area contributed by atoms with Crippen molar-refractivity contribution >= 4 is 28.6 Å². The van der Waals surface area contributed by atoms with Crippen LogP contribution < -0.4 is 16.4 Å². The number of carbonyl (C=O) groups excluding carboxylic acids is 1. The molecule has 0 unspecified atom stereocenters. The van der Waals surface area contributed by atoms with E-state index in [4.69, 9.17) is 10.5 Å². The Bertz CT molecular complexity index is 1410. The summed E-state index contributed by atoms with van der Waals surface area (Å²) in [7, 11) is 1.35. The molecule has 36 heavy (non-hydrogen) atoms. The van der Waals surface area contributed by atoms with E-state index in [0.29, 0.717) is 23.6 Å². The fourth-order valence-electron chi connectivity index (χ4n) is 4.23. The Morgan fingerprint density at radius 3 is 2.69 bits per heavy atom. The lowest BCUT2D eigenvalue weighted by molar-refractivity contribution is -0.282. The Kier molecular flexibility index (Phi) is 6.02.